The van der Waals surface area contributed by atoms with Crippen molar-refractivity contribution in [2.24, 2.45) is 11.8 Å². The van der Waals surface area contributed by atoms with Gasteiger partial charge < -0.3 is 0 Å². The molecule has 0 saturated heterocycles. The van der Waals surface area contributed by atoms with Crippen LogP contribution in [-0.4, -0.2) is 0 Å². The largest absolute Gasteiger partial charge is 0.0533 e. The summed E-state index contributed by atoms with van der Waals surface area (Å²) in [5.74, 6) is 1.61. The minimum Gasteiger partial charge on any atom is -0.0533 e. The molecule has 0 aromatic heterocycles. The van der Waals surface area contributed by atoms with Crippen LogP contribution in [0.3, 0.4) is 0 Å². The highest BCUT2D eigenvalue weighted by Gasteiger charge is 2.18. The van der Waals surface area contributed by atoms with E-state index in [1.54, 1.807) is 0 Å². The van der Waals surface area contributed by atoms with Gasteiger partial charge in [-0.3, -0.25) is 0 Å². The molecule has 1 atom stereocenters. The van der Waals surface area contributed by atoms with Crippen molar-refractivity contribution in [1.82, 2.24) is 0 Å². The highest BCUT2D eigenvalue weighted by Crippen LogP contribution is 2.31. The van der Waals surface area contributed by atoms with Crippen LogP contribution in [0.1, 0.15) is 44.9 Å². The highest BCUT2D eigenvalue weighted by molar-refractivity contribution is 4.75. The Morgan fingerprint density at radius 1 is 1.18 bits per heavy atom. The van der Waals surface area contributed by atoms with E-state index in [9.17, 15) is 0 Å². The fourth-order valence-corrected chi connectivity index (χ4v) is 2.10. The highest BCUT2D eigenvalue weighted by atomic mass is 14.2. The second-order valence-electron chi connectivity index (χ2n) is 3.80. The van der Waals surface area contributed by atoms with Crippen LogP contribution in [0, 0.1) is 25.7 Å². The van der Waals surface area contributed by atoms with Crippen molar-refractivity contribution in [2.75, 3.05) is 0 Å². The van der Waals surface area contributed by atoms with Crippen LogP contribution in [-0.2, 0) is 0 Å². The van der Waals surface area contributed by atoms with E-state index in [4.69, 9.17) is 0 Å². The van der Waals surface area contributed by atoms with Gasteiger partial charge in [-0.15, -0.1) is 0 Å². The summed E-state index contributed by atoms with van der Waals surface area (Å²) in [6.07, 6.45) is 9.47. The van der Waals surface area contributed by atoms with Gasteiger partial charge in [0, 0.05) is 0 Å². The van der Waals surface area contributed by atoms with Gasteiger partial charge in [-0.2, -0.15) is 0 Å². The van der Waals surface area contributed by atoms with Crippen molar-refractivity contribution in [3.8, 4) is 0 Å². The molecule has 0 heteroatoms. The average molecular weight is 152 g/mol. The lowest BCUT2D eigenvalue weighted by molar-refractivity contribution is 0.274. The molecule has 64 valence electrons. The minimum atomic E-state index is 0.688. The molecule has 1 saturated carbocycles. The first-order chi connectivity index (χ1) is 5.34. The zero-order valence-electron chi connectivity index (χ0n) is 7.52. The predicted molar refractivity (Wildman–Crippen MR) is 50.0 cm³/mol. The molecule has 2 radical (unpaired) electrons. The van der Waals surface area contributed by atoms with Gasteiger partial charge in [-0.25, -0.2) is 0 Å². The van der Waals surface area contributed by atoms with Crippen LogP contribution in [0.2, 0.25) is 0 Å². The van der Waals surface area contributed by atoms with E-state index in [2.05, 4.69) is 13.8 Å². The van der Waals surface area contributed by atoms with Gasteiger partial charge in [0.1, 0.15) is 0 Å². The van der Waals surface area contributed by atoms with Crippen molar-refractivity contribution in [1.29, 1.82) is 0 Å². The van der Waals surface area contributed by atoms with Gasteiger partial charge in [-0.1, -0.05) is 51.9 Å². The van der Waals surface area contributed by atoms with Gasteiger partial charge >= 0.3 is 0 Å². The van der Waals surface area contributed by atoms with E-state index < -0.39 is 0 Å². The fourth-order valence-electron chi connectivity index (χ4n) is 2.10. The summed E-state index contributed by atoms with van der Waals surface area (Å²) in [5, 5.41) is 0. The van der Waals surface area contributed by atoms with Gasteiger partial charge in [0.05, 0.1) is 0 Å². The maximum absolute atomic E-state index is 4.21. The summed E-state index contributed by atoms with van der Waals surface area (Å²) in [5.41, 5.74) is 0. The van der Waals surface area contributed by atoms with Crippen molar-refractivity contribution in [3.63, 3.8) is 0 Å². The van der Waals surface area contributed by atoms with Crippen molar-refractivity contribution in [3.05, 3.63) is 13.8 Å². The lowest BCUT2D eigenvalue weighted by Gasteiger charge is -2.27. The standard InChI is InChI=1S/C11H20/c1-3-7-10(2)11-8-5-4-6-9-11/h10-11H,1-9H2. The molecule has 0 bridgehead atoms. The normalized spacial score (nSPS) is 23.5. The van der Waals surface area contributed by atoms with Crippen LogP contribution in [0.5, 0.6) is 0 Å². The van der Waals surface area contributed by atoms with Crippen LogP contribution in [0.25, 0.3) is 0 Å². The molecule has 0 aromatic carbocycles. The summed E-state index contributed by atoms with van der Waals surface area (Å²) in [7, 11) is 0. The molecule has 0 amide bonds. The van der Waals surface area contributed by atoms with E-state index in [-0.39, 0.29) is 0 Å². The summed E-state index contributed by atoms with van der Waals surface area (Å²) in [6, 6.07) is 0. The molecular formula is C11H20. The quantitative estimate of drug-likeness (QED) is 0.579. The first-order valence-electron chi connectivity index (χ1n) is 4.97. The first-order valence-corrected chi connectivity index (χ1v) is 4.97. The molecule has 0 heterocycles. The zero-order valence-corrected chi connectivity index (χ0v) is 7.52. The fraction of sp³-hybridized carbons (Fsp3) is 0.818. The number of hydrogen-bond acceptors (Lipinski definition) is 0. The molecule has 1 rings (SSSR count). The summed E-state index contributed by atoms with van der Waals surface area (Å²) in [6.45, 7) is 8.09. The van der Waals surface area contributed by atoms with E-state index in [1.807, 2.05) is 0 Å². The molecular weight excluding hydrogens is 132 g/mol. The predicted octanol–water partition coefficient (Wildman–Crippen LogP) is 3.63. The Bertz CT molecular complexity index is 90.2. The Labute approximate surface area is 71.4 Å². The van der Waals surface area contributed by atoms with Crippen molar-refractivity contribution < 1.29 is 0 Å². The monoisotopic (exact) mass is 152 g/mol. The Morgan fingerprint density at radius 3 is 2.36 bits per heavy atom. The van der Waals surface area contributed by atoms with Crippen LogP contribution >= 0.6 is 0 Å². The van der Waals surface area contributed by atoms with Gasteiger partial charge in [0.25, 0.3) is 0 Å². The van der Waals surface area contributed by atoms with E-state index in [1.165, 1.54) is 38.5 Å². The second kappa shape index (κ2) is 4.79. The molecule has 1 fully saturated rings. The van der Waals surface area contributed by atoms with Crippen LogP contribution in [0.4, 0.5) is 0 Å². The Kier molecular flexibility index (Phi) is 3.96. The maximum Gasteiger partial charge on any atom is -0.0386 e. The Morgan fingerprint density at radius 2 is 1.82 bits per heavy atom. The topological polar surface area (TPSA) is 0 Å². The van der Waals surface area contributed by atoms with Crippen LogP contribution in [0.15, 0.2) is 0 Å². The SMILES string of the molecule is [CH2]CCC([CH2])C1CCCCC1. The van der Waals surface area contributed by atoms with Crippen molar-refractivity contribution in [2.45, 2.75) is 44.9 Å². The number of hydrogen-bond donors (Lipinski definition) is 0. The molecule has 0 spiro atoms. The zero-order chi connectivity index (χ0) is 8.10. The Hall–Kier alpha value is 0. The molecule has 1 aliphatic rings. The van der Waals surface area contributed by atoms with Crippen molar-refractivity contribution >= 4 is 0 Å². The lowest BCUT2D eigenvalue weighted by Crippen LogP contribution is -2.15. The van der Waals surface area contributed by atoms with Gasteiger partial charge in [-0.05, 0) is 18.8 Å². The van der Waals surface area contributed by atoms with E-state index >= 15 is 0 Å². The first kappa shape index (κ1) is 9.09. The van der Waals surface area contributed by atoms with E-state index in [0.717, 1.165) is 12.3 Å². The Balaban J connectivity index is 2.21. The smallest absolute Gasteiger partial charge is 0.0386 e. The lowest BCUT2D eigenvalue weighted by atomic mass is 9.79. The molecule has 1 unspecified atom stereocenters. The maximum atomic E-state index is 4.21. The molecule has 0 N–H and O–H groups in total. The van der Waals surface area contributed by atoms with Crippen LogP contribution < -0.4 is 0 Å². The molecule has 1 aliphatic carbocycles. The van der Waals surface area contributed by atoms with Gasteiger partial charge in [0.15, 0.2) is 0 Å². The molecule has 0 aliphatic heterocycles. The molecule has 11 heavy (non-hydrogen) atoms. The summed E-state index contributed by atoms with van der Waals surface area (Å²) < 4.78 is 0. The third-order valence-electron chi connectivity index (χ3n) is 2.89. The molecule has 0 nitrogen and oxygen atoms in total. The third kappa shape index (κ3) is 2.84. The van der Waals surface area contributed by atoms with Gasteiger partial charge in [0.2, 0.25) is 0 Å². The summed E-state index contributed by atoms with van der Waals surface area (Å²) in [4.78, 5) is 0. The third-order valence-corrected chi connectivity index (χ3v) is 2.89. The average Bonchev–Trinajstić information content (AvgIpc) is 2.07. The second-order valence-corrected chi connectivity index (χ2v) is 3.80. The summed E-state index contributed by atoms with van der Waals surface area (Å²) >= 11 is 0. The minimum absolute atomic E-state index is 0.688. The molecule has 0 aromatic rings. The number of rotatable bonds is 3. The van der Waals surface area contributed by atoms with E-state index in [0.29, 0.717) is 5.92 Å².